The Hall–Kier alpha value is -1.54. The van der Waals surface area contributed by atoms with Crippen LogP contribution in [0.3, 0.4) is 0 Å². The third-order valence-corrected chi connectivity index (χ3v) is 2.99. The van der Waals surface area contributed by atoms with Gasteiger partial charge in [0.1, 0.15) is 0 Å². The van der Waals surface area contributed by atoms with E-state index < -0.39 is 0 Å². The van der Waals surface area contributed by atoms with Gasteiger partial charge >= 0.3 is 0 Å². The molecule has 82 valence electrons. The molecule has 1 unspecified atom stereocenters. The second kappa shape index (κ2) is 4.14. The first-order valence-corrected chi connectivity index (χ1v) is 5.10. The highest BCUT2D eigenvalue weighted by molar-refractivity contribution is 6.00. The zero-order chi connectivity index (χ0) is 10.3. The molecule has 3 heteroatoms. The zero-order valence-electron chi connectivity index (χ0n) is 8.64. The molecule has 3 rings (SSSR count). The van der Waals surface area contributed by atoms with Crippen LogP contribution in [0.5, 0.6) is 0 Å². The quantitative estimate of drug-likeness (QED) is 0.694. The fourth-order valence-electron chi connectivity index (χ4n) is 2.24. The number of nitrogens with one attached hydrogen (secondary N) is 1. The van der Waals surface area contributed by atoms with Gasteiger partial charge in [0.25, 0.3) is 0 Å². The third kappa shape index (κ3) is 1.55. The van der Waals surface area contributed by atoms with Crippen molar-refractivity contribution in [2.75, 3.05) is 6.54 Å². The van der Waals surface area contributed by atoms with Gasteiger partial charge in [-0.1, -0.05) is 24.3 Å². The van der Waals surface area contributed by atoms with Crippen LogP contribution >= 0.6 is 12.4 Å². The zero-order valence-corrected chi connectivity index (χ0v) is 9.46. The minimum atomic E-state index is -0.0537. The van der Waals surface area contributed by atoms with E-state index in [1.807, 2.05) is 36.6 Å². The van der Waals surface area contributed by atoms with Crippen molar-refractivity contribution < 1.29 is 4.79 Å². The van der Waals surface area contributed by atoms with Crippen molar-refractivity contribution in [3.8, 4) is 0 Å². The van der Waals surface area contributed by atoms with Crippen LogP contribution < -0.4 is 5.32 Å². The fraction of sp³-hybridized carbons (Fsp3) is 0.154. The second-order valence-electron chi connectivity index (χ2n) is 3.87. The Morgan fingerprint density at radius 2 is 2.12 bits per heavy atom. The number of carbonyl (C=O) groups is 1. The normalized spacial score (nSPS) is 25.4. The maximum Gasteiger partial charge on any atom is 0.167 e. The van der Waals surface area contributed by atoms with Crippen LogP contribution in [0, 0.1) is 5.92 Å². The molecule has 0 radical (unpaired) electrons. The van der Waals surface area contributed by atoms with Crippen LogP contribution in [0.15, 0.2) is 59.4 Å². The van der Waals surface area contributed by atoms with E-state index in [4.69, 9.17) is 0 Å². The lowest BCUT2D eigenvalue weighted by Crippen LogP contribution is -2.26. The van der Waals surface area contributed by atoms with Crippen LogP contribution in [-0.4, -0.2) is 12.3 Å². The summed E-state index contributed by atoms with van der Waals surface area (Å²) in [6, 6.07) is 0. The Morgan fingerprint density at radius 3 is 3.00 bits per heavy atom. The van der Waals surface area contributed by atoms with Crippen LogP contribution in [-0.2, 0) is 4.79 Å². The minimum absolute atomic E-state index is 0. The molecule has 0 saturated heterocycles. The average molecular weight is 234 g/mol. The highest BCUT2D eigenvalue weighted by atomic mass is 35.5. The number of fused-ring (bicyclic) bond motifs is 2. The summed E-state index contributed by atoms with van der Waals surface area (Å²) >= 11 is 0. The first-order chi connectivity index (χ1) is 7.36. The van der Waals surface area contributed by atoms with Gasteiger partial charge in [-0.05, 0) is 35.1 Å². The number of halogens is 1. The highest BCUT2D eigenvalue weighted by Crippen LogP contribution is 2.33. The molecule has 0 bridgehead atoms. The molecule has 1 atom stereocenters. The molecule has 2 aliphatic carbocycles. The predicted octanol–water partition coefficient (Wildman–Crippen LogP) is 2.07. The maximum absolute atomic E-state index is 11.8. The van der Waals surface area contributed by atoms with E-state index in [2.05, 4.69) is 5.32 Å². The first-order valence-electron chi connectivity index (χ1n) is 5.10. The van der Waals surface area contributed by atoms with E-state index in [1.54, 1.807) is 6.08 Å². The van der Waals surface area contributed by atoms with E-state index in [0.29, 0.717) is 0 Å². The molecule has 3 aliphatic rings. The van der Waals surface area contributed by atoms with Gasteiger partial charge in [0.2, 0.25) is 0 Å². The fourth-order valence-corrected chi connectivity index (χ4v) is 2.24. The number of carbonyl (C=O) groups excluding carboxylic acids is 1. The molecule has 1 heterocycles. The smallest absolute Gasteiger partial charge is 0.167 e. The van der Waals surface area contributed by atoms with E-state index in [0.717, 1.165) is 17.7 Å². The molecule has 0 fully saturated rings. The molecule has 16 heavy (non-hydrogen) atoms. The van der Waals surface area contributed by atoms with Gasteiger partial charge in [0.05, 0.1) is 5.92 Å². The van der Waals surface area contributed by atoms with Gasteiger partial charge in [-0.15, -0.1) is 12.4 Å². The largest absolute Gasteiger partial charge is 0.387 e. The van der Waals surface area contributed by atoms with Crippen LogP contribution in [0.1, 0.15) is 0 Å². The molecule has 0 aromatic heterocycles. The molecule has 0 amide bonds. The Morgan fingerprint density at radius 1 is 1.25 bits per heavy atom. The maximum atomic E-state index is 11.8. The summed E-state index contributed by atoms with van der Waals surface area (Å²) in [6.45, 7) is 0.819. The summed E-state index contributed by atoms with van der Waals surface area (Å²) in [4.78, 5) is 11.8. The van der Waals surface area contributed by atoms with Crippen molar-refractivity contribution in [2.24, 2.45) is 5.92 Å². The molecule has 2 nitrogen and oxygen atoms in total. The average Bonchev–Trinajstić information content (AvgIpc) is 2.30. The molecule has 0 saturated carbocycles. The van der Waals surface area contributed by atoms with Crippen LogP contribution in [0.2, 0.25) is 0 Å². The number of allylic oxidation sites excluding steroid dienone is 7. The summed E-state index contributed by atoms with van der Waals surface area (Å²) in [5.41, 5.74) is 3.46. The van der Waals surface area contributed by atoms with Gasteiger partial charge in [-0.2, -0.15) is 0 Å². The molecular formula is C13H12ClNO. The van der Waals surface area contributed by atoms with Crippen molar-refractivity contribution in [2.45, 2.75) is 0 Å². The summed E-state index contributed by atoms with van der Waals surface area (Å²) in [7, 11) is 0. The molecule has 1 N–H and O–H groups in total. The lowest BCUT2D eigenvalue weighted by atomic mass is 9.79. The lowest BCUT2D eigenvalue weighted by Gasteiger charge is -2.27. The van der Waals surface area contributed by atoms with Gasteiger partial charge in [-0.25, -0.2) is 0 Å². The van der Waals surface area contributed by atoms with Crippen molar-refractivity contribution in [1.29, 1.82) is 0 Å². The van der Waals surface area contributed by atoms with E-state index in [9.17, 15) is 4.79 Å². The molecular weight excluding hydrogens is 222 g/mol. The summed E-state index contributed by atoms with van der Waals surface area (Å²) in [5, 5.41) is 3.18. The van der Waals surface area contributed by atoms with E-state index in [1.165, 1.54) is 5.57 Å². The standard InChI is InChI=1S/C13H11NO.ClH/c15-13-7-9-5-6-14-8-12(9)10-3-1-2-4-11(10)13;/h1-7,11,14H,8H2;1H. The minimum Gasteiger partial charge on any atom is -0.387 e. The lowest BCUT2D eigenvalue weighted by molar-refractivity contribution is -0.116. The molecule has 0 spiro atoms. The van der Waals surface area contributed by atoms with Gasteiger partial charge < -0.3 is 5.32 Å². The monoisotopic (exact) mass is 233 g/mol. The topological polar surface area (TPSA) is 29.1 Å². The van der Waals surface area contributed by atoms with Crippen molar-refractivity contribution in [1.82, 2.24) is 5.32 Å². The van der Waals surface area contributed by atoms with Crippen LogP contribution in [0.4, 0.5) is 0 Å². The Balaban J connectivity index is 0.000000963. The first kappa shape index (κ1) is 11.0. The third-order valence-electron chi connectivity index (χ3n) is 2.99. The summed E-state index contributed by atoms with van der Waals surface area (Å²) in [6.07, 6.45) is 13.6. The van der Waals surface area contributed by atoms with Gasteiger partial charge in [0.15, 0.2) is 5.78 Å². The van der Waals surface area contributed by atoms with E-state index in [-0.39, 0.29) is 24.1 Å². The Bertz CT molecular complexity index is 480. The number of ketones is 1. The predicted molar refractivity (Wildman–Crippen MR) is 66.3 cm³/mol. The van der Waals surface area contributed by atoms with Crippen molar-refractivity contribution >= 4 is 18.2 Å². The highest BCUT2D eigenvalue weighted by Gasteiger charge is 2.27. The Kier molecular flexibility index (Phi) is 2.84. The van der Waals surface area contributed by atoms with Gasteiger partial charge in [-0.3, -0.25) is 4.79 Å². The SMILES string of the molecule is Cl.O=C1C=C2C=CNCC2=C2C=CC=CC12. The molecule has 1 aliphatic heterocycles. The van der Waals surface area contributed by atoms with Gasteiger partial charge in [0, 0.05) is 6.54 Å². The second-order valence-corrected chi connectivity index (χ2v) is 3.87. The van der Waals surface area contributed by atoms with E-state index >= 15 is 0 Å². The molecule has 0 aromatic rings. The number of rotatable bonds is 0. The molecule has 0 aromatic carbocycles. The van der Waals surface area contributed by atoms with Crippen molar-refractivity contribution in [3.05, 3.63) is 59.4 Å². The number of hydrogen-bond acceptors (Lipinski definition) is 2. The number of hydrogen-bond donors (Lipinski definition) is 1. The van der Waals surface area contributed by atoms with Crippen molar-refractivity contribution in [3.63, 3.8) is 0 Å². The summed E-state index contributed by atoms with van der Waals surface area (Å²) < 4.78 is 0. The Labute approximate surface area is 101 Å². The van der Waals surface area contributed by atoms with Crippen LogP contribution in [0.25, 0.3) is 0 Å². The summed E-state index contributed by atoms with van der Waals surface area (Å²) in [5.74, 6) is 0.137.